The Morgan fingerprint density at radius 3 is 2.33 bits per heavy atom. The van der Waals surface area contributed by atoms with Crippen LogP contribution in [0.5, 0.6) is 0 Å². The van der Waals surface area contributed by atoms with E-state index in [1.807, 2.05) is 13.8 Å². The fourth-order valence-corrected chi connectivity index (χ4v) is 3.63. The fourth-order valence-electron chi connectivity index (χ4n) is 3.63. The topological polar surface area (TPSA) is 85.9 Å². The van der Waals surface area contributed by atoms with Crippen molar-refractivity contribution in [3.8, 4) is 0 Å². The molecule has 2 heterocycles. The van der Waals surface area contributed by atoms with Crippen LogP contribution >= 0.6 is 0 Å². The van der Waals surface area contributed by atoms with Gasteiger partial charge in [-0.25, -0.2) is 9.67 Å². The third kappa shape index (κ3) is 4.44. The monoisotopic (exact) mass is 425 g/mol. The van der Waals surface area contributed by atoms with E-state index >= 15 is 0 Å². The maximum absolute atomic E-state index is 12.7. The Balaban J connectivity index is 2.04. The molecular weight excluding hydrogens is 399 g/mol. The summed E-state index contributed by atoms with van der Waals surface area (Å²) < 4.78 is 39.7. The Kier molecular flexibility index (Phi) is 6.09. The molecule has 0 saturated heterocycles. The number of hydrogen-bond donors (Lipinski definition) is 3. The third-order valence-corrected chi connectivity index (χ3v) is 4.95. The summed E-state index contributed by atoms with van der Waals surface area (Å²) in [4.78, 5) is 5.89. The van der Waals surface area contributed by atoms with Crippen molar-refractivity contribution >= 4 is 11.8 Å². The molecular formula is C20H26F3N5O2. The first-order chi connectivity index (χ1) is 14.0. The minimum atomic E-state index is -4.27. The second kappa shape index (κ2) is 8.27. The van der Waals surface area contributed by atoms with E-state index in [4.69, 9.17) is 0 Å². The molecule has 2 aromatic rings. The molecule has 0 amide bonds. The van der Waals surface area contributed by atoms with E-state index in [0.717, 1.165) is 5.56 Å². The van der Waals surface area contributed by atoms with Gasteiger partial charge < -0.3 is 20.4 Å². The number of rotatable bonds is 5. The van der Waals surface area contributed by atoms with Gasteiger partial charge in [0.2, 0.25) is 5.96 Å². The highest BCUT2D eigenvalue weighted by Crippen LogP contribution is 2.38. The van der Waals surface area contributed by atoms with Gasteiger partial charge in [0.1, 0.15) is 5.82 Å². The first kappa shape index (κ1) is 22.1. The van der Waals surface area contributed by atoms with Crippen molar-refractivity contribution in [2.24, 2.45) is 10.9 Å². The van der Waals surface area contributed by atoms with Gasteiger partial charge in [-0.05, 0) is 17.0 Å². The average molecular weight is 425 g/mol. The van der Waals surface area contributed by atoms with Gasteiger partial charge in [-0.3, -0.25) is 0 Å². The number of halogens is 3. The number of aromatic nitrogens is 2. The smallest absolute Gasteiger partial charge is 0.390 e. The Hall–Kier alpha value is -2.59. The molecule has 0 bridgehead atoms. The first-order valence-electron chi connectivity index (χ1n) is 9.59. The lowest BCUT2D eigenvalue weighted by Gasteiger charge is -2.29. The predicted molar refractivity (Wildman–Crippen MR) is 107 cm³/mol. The molecule has 30 heavy (non-hydrogen) atoms. The van der Waals surface area contributed by atoms with Crippen molar-refractivity contribution < 1.29 is 23.4 Å². The van der Waals surface area contributed by atoms with Crippen molar-refractivity contribution in [1.82, 2.24) is 14.7 Å². The number of anilines is 1. The summed E-state index contributed by atoms with van der Waals surface area (Å²) in [6.07, 6.45) is -6.43. The summed E-state index contributed by atoms with van der Waals surface area (Å²) >= 11 is 0. The van der Waals surface area contributed by atoms with Crippen molar-refractivity contribution in [2.75, 3.05) is 19.4 Å². The number of guanidine groups is 1. The highest BCUT2D eigenvalue weighted by Gasteiger charge is 2.33. The summed E-state index contributed by atoms with van der Waals surface area (Å²) in [5.74, 6) is 0.960. The van der Waals surface area contributed by atoms with Crippen molar-refractivity contribution in [3.63, 3.8) is 0 Å². The summed E-state index contributed by atoms with van der Waals surface area (Å²) in [5, 5.41) is 27.9. The zero-order chi connectivity index (χ0) is 22.2. The van der Waals surface area contributed by atoms with E-state index in [2.05, 4.69) is 15.4 Å². The van der Waals surface area contributed by atoms with Gasteiger partial charge in [0.15, 0.2) is 6.23 Å². The van der Waals surface area contributed by atoms with Crippen LogP contribution in [-0.4, -0.2) is 51.1 Å². The normalized spacial score (nSPS) is 17.4. The van der Waals surface area contributed by atoms with Gasteiger partial charge in [-0.2, -0.15) is 18.3 Å². The standard InChI is InChI=1S/C20H26F3N5O2/c1-11(2)16(13-7-5-12(6-8-13)9-20(21,22)23)28-17-15(14(10-29)26-28)18(30)25-19(24-17)27(3)4/h5-8,11,16,18,29-30H,9-10H2,1-4H3,(H,24,25). The molecule has 2 atom stereocenters. The second-order valence-corrected chi connectivity index (χ2v) is 7.88. The Morgan fingerprint density at radius 2 is 1.83 bits per heavy atom. The largest absolute Gasteiger partial charge is 0.393 e. The highest BCUT2D eigenvalue weighted by atomic mass is 19.4. The number of hydrogen-bond acceptors (Lipinski definition) is 6. The van der Waals surface area contributed by atoms with E-state index in [1.165, 1.54) is 12.1 Å². The van der Waals surface area contributed by atoms with Crippen LogP contribution in [0.1, 0.15) is 48.5 Å². The number of nitrogens with one attached hydrogen (secondary N) is 1. The third-order valence-electron chi connectivity index (χ3n) is 4.95. The van der Waals surface area contributed by atoms with Crippen molar-refractivity contribution in [3.05, 3.63) is 46.6 Å². The van der Waals surface area contributed by atoms with Crippen LogP contribution in [0.15, 0.2) is 29.3 Å². The van der Waals surface area contributed by atoms with Crippen molar-refractivity contribution in [2.45, 2.75) is 45.3 Å². The fraction of sp³-hybridized carbons (Fsp3) is 0.500. The molecule has 3 rings (SSSR count). The van der Waals surface area contributed by atoms with Gasteiger partial charge in [-0.15, -0.1) is 0 Å². The second-order valence-electron chi connectivity index (χ2n) is 7.88. The molecule has 1 aliphatic heterocycles. The lowest BCUT2D eigenvalue weighted by molar-refractivity contribution is -0.127. The lowest BCUT2D eigenvalue weighted by atomic mass is 9.94. The van der Waals surface area contributed by atoms with E-state index in [-0.39, 0.29) is 24.1 Å². The van der Waals surface area contributed by atoms with Crippen LogP contribution in [0, 0.1) is 5.92 Å². The molecule has 0 saturated carbocycles. The van der Waals surface area contributed by atoms with Crippen LogP contribution in [0.2, 0.25) is 0 Å². The minimum Gasteiger partial charge on any atom is -0.390 e. The van der Waals surface area contributed by atoms with Gasteiger partial charge in [0.25, 0.3) is 0 Å². The molecule has 2 unspecified atom stereocenters. The lowest BCUT2D eigenvalue weighted by Crippen LogP contribution is -2.35. The summed E-state index contributed by atoms with van der Waals surface area (Å²) in [6.45, 7) is 3.57. The molecule has 1 aromatic heterocycles. The molecule has 10 heteroatoms. The Morgan fingerprint density at radius 1 is 1.20 bits per heavy atom. The van der Waals surface area contributed by atoms with Gasteiger partial charge in [0, 0.05) is 14.1 Å². The summed E-state index contributed by atoms with van der Waals surface area (Å²) in [7, 11) is 3.55. The van der Waals surface area contributed by atoms with Gasteiger partial charge in [0.05, 0.1) is 30.3 Å². The first-order valence-corrected chi connectivity index (χ1v) is 9.59. The number of aliphatic hydroxyl groups is 2. The number of alkyl halides is 3. The Labute approximate surface area is 172 Å². The molecule has 0 spiro atoms. The van der Waals surface area contributed by atoms with Crippen LogP contribution in [0.25, 0.3) is 0 Å². The predicted octanol–water partition coefficient (Wildman–Crippen LogP) is 3.06. The zero-order valence-corrected chi connectivity index (χ0v) is 17.3. The average Bonchev–Trinajstić information content (AvgIpc) is 3.01. The maximum atomic E-state index is 12.7. The molecule has 0 radical (unpaired) electrons. The van der Waals surface area contributed by atoms with E-state index in [1.54, 1.807) is 35.8 Å². The highest BCUT2D eigenvalue weighted by molar-refractivity contribution is 5.95. The molecule has 1 aromatic carbocycles. The molecule has 7 nitrogen and oxygen atoms in total. The van der Waals surface area contributed by atoms with E-state index in [0.29, 0.717) is 23.0 Å². The quantitative estimate of drug-likeness (QED) is 0.686. The Bertz CT molecular complexity index is 920. The number of aliphatic imine (C=N–C) groups is 1. The zero-order valence-electron chi connectivity index (χ0n) is 17.3. The van der Waals surface area contributed by atoms with Crippen LogP contribution in [0.3, 0.4) is 0 Å². The van der Waals surface area contributed by atoms with Gasteiger partial charge in [-0.1, -0.05) is 38.1 Å². The number of benzene rings is 1. The van der Waals surface area contributed by atoms with Crippen LogP contribution in [-0.2, 0) is 13.0 Å². The number of fused-ring (bicyclic) bond motifs is 1. The number of aliphatic hydroxyl groups excluding tert-OH is 2. The summed E-state index contributed by atoms with van der Waals surface area (Å²) in [5.41, 5.74) is 1.65. The number of nitrogens with zero attached hydrogens (tertiary/aromatic N) is 4. The summed E-state index contributed by atoms with van der Waals surface area (Å²) in [6, 6.07) is 5.93. The van der Waals surface area contributed by atoms with E-state index < -0.39 is 18.8 Å². The SMILES string of the molecule is CC(C)C(c1ccc(CC(F)(F)F)cc1)n1nc(CO)c2c1NC(N(C)C)=NC2O. The molecule has 3 N–H and O–H groups in total. The van der Waals surface area contributed by atoms with E-state index in [9.17, 15) is 23.4 Å². The maximum Gasteiger partial charge on any atom is 0.393 e. The van der Waals surface area contributed by atoms with Crippen LogP contribution < -0.4 is 5.32 Å². The molecule has 164 valence electrons. The molecule has 1 aliphatic rings. The van der Waals surface area contributed by atoms with Gasteiger partial charge >= 0.3 is 6.18 Å². The molecule has 0 aliphatic carbocycles. The van der Waals surface area contributed by atoms with Crippen molar-refractivity contribution in [1.29, 1.82) is 0 Å². The minimum absolute atomic E-state index is 0.0228. The van der Waals surface area contributed by atoms with Crippen LogP contribution in [0.4, 0.5) is 19.0 Å². The molecule has 0 fully saturated rings.